The molecule has 1 saturated heterocycles. The van der Waals surface area contributed by atoms with Crippen LogP contribution in [0, 0.1) is 35.5 Å². The summed E-state index contributed by atoms with van der Waals surface area (Å²) in [7, 11) is 0. The third-order valence-corrected chi connectivity index (χ3v) is 18.0. The third kappa shape index (κ3) is 4.06. The van der Waals surface area contributed by atoms with Gasteiger partial charge in [-0.2, -0.15) is 0 Å². The Morgan fingerprint density at radius 1 is 0.473 bits per heavy atom. The fourth-order valence-corrected chi connectivity index (χ4v) is 16.8. The molecule has 2 aliphatic heterocycles. The van der Waals surface area contributed by atoms with E-state index in [1.807, 2.05) is 0 Å². The molecule has 16 rings (SSSR count). The van der Waals surface area contributed by atoms with Crippen molar-refractivity contribution < 1.29 is 0 Å². The zero-order valence-corrected chi connectivity index (χ0v) is 32.5. The highest BCUT2D eigenvalue weighted by Gasteiger charge is 2.57. The van der Waals surface area contributed by atoms with Gasteiger partial charge >= 0.3 is 0 Å². The lowest BCUT2D eigenvalue weighted by Gasteiger charge is -2.57. The fraction of sp³-hybridized carbons (Fsp3) is 0.519. The van der Waals surface area contributed by atoms with E-state index >= 15 is 0 Å². The first kappa shape index (κ1) is 31.3. The van der Waals surface area contributed by atoms with Crippen LogP contribution in [-0.4, -0.2) is 37.0 Å². The van der Waals surface area contributed by atoms with Gasteiger partial charge < -0.3 is 9.80 Å². The molecule has 3 nitrogen and oxygen atoms in total. The van der Waals surface area contributed by atoms with Crippen LogP contribution in [0.5, 0.6) is 0 Å². The van der Waals surface area contributed by atoms with Crippen LogP contribution < -0.4 is 4.90 Å². The van der Waals surface area contributed by atoms with Crippen molar-refractivity contribution in [1.82, 2.24) is 4.90 Å². The first-order valence-corrected chi connectivity index (χ1v) is 22.7. The quantitative estimate of drug-likeness (QED) is 0.181. The van der Waals surface area contributed by atoms with Gasteiger partial charge in [0.05, 0.1) is 5.41 Å². The molecular weight excluding hydrogens is 667 g/mol. The van der Waals surface area contributed by atoms with Crippen molar-refractivity contribution in [2.24, 2.45) is 40.5 Å². The highest BCUT2D eigenvalue weighted by atomic mass is 15.4. The summed E-state index contributed by atoms with van der Waals surface area (Å²) < 4.78 is 0. The number of anilines is 1. The van der Waals surface area contributed by atoms with E-state index in [1.165, 1.54) is 135 Å². The number of rotatable bonds is 3. The molecule has 12 aliphatic rings. The lowest BCUT2D eigenvalue weighted by atomic mass is 9.48. The van der Waals surface area contributed by atoms with E-state index in [-0.39, 0.29) is 5.41 Å². The number of aliphatic imine (C=N–C) groups is 1. The molecule has 0 amide bonds. The van der Waals surface area contributed by atoms with Crippen molar-refractivity contribution in [3.63, 3.8) is 0 Å². The Hall–Kier alpha value is -3.85. The van der Waals surface area contributed by atoms with Crippen LogP contribution in [0.25, 0.3) is 22.3 Å². The molecule has 3 heteroatoms. The van der Waals surface area contributed by atoms with Gasteiger partial charge in [-0.25, -0.2) is 0 Å². The van der Waals surface area contributed by atoms with Gasteiger partial charge in [-0.05, 0) is 204 Å². The molecule has 8 bridgehead atoms. The third-order valence-electron chi connectivity index (χ3n) is 18.0. The highest BCUT2D eigenvalue weighted by Crippen LogP contribution is 2.67. The van der Waals surface area contributed by atoms with Gasteiger partial charge in [0.2, 0.25) is 5.96 Å². The van der Waals surface area contributed by atoms with Crippen molar-refractivity contribution in [2.45, 2.75) is 106 Å². The predicted octanol–water partition coefficient (Wildman–Crippen LogP) is 11.2. The van der Waals surface area contributed by atoms with Crippen molar-refractivity contribution in [3.8, 4) is 22.3 Å². The molecule has 0 radical (unpaired) electrons. The van der Waals surface area contributed by atoms with Gasteiger partial charge in [0, 0.05) is 31.9 Å². The second-order valence-electron chi connectivity index (χ2n) is 21.0. The van der Waals surface area contributed by atoms with Crippen molar-refractivity contribution in [2.75, 3.05) is 31.1 Å². The molecule has 8 saturated carbocycles. The highest BCUT2D eigenvalue weighted by molar-refractivity contribution is 6.00. The second kappa shape index (κ2) is 10.8. The summed E-state index contributed by atoms with van der Waals surface area (Å²) in [4.78, 5) is 10.3. The Morgan fingerprint density at radius 2 is 0.964 bits per heavy atom. The molecule has 9 fully saturated rings. The van der Waals surface area contributed by atoms with Crippen LogP contribution in [0.15, 0.2) is 83.9 Å². The summed E-state index contributed by atoms with van der Waals surface area (Å²) in [5, 5.41) is 0. The molecule has 278 valence electrons. The summed E-state index contributed by atoms with van der Waals surface area (Å²) in [5.41, 5.74) is 17.2. The second-order valence-corrected chi connectivity index (χ2v) is 21.0. The Balaban J connectivity index is 1.02. The Bertz CT molecular complexity index is 2180. The maximum atomic E-state index is 5.17. The number of nitrogens with zero attached hydrogens (tertiary/aromatic N) is 3. The lowest BCUT2D eigenvalue weighted by molar-refractivity contribution is -0.00530. The molecule has 55 heavy (non-hydrogen) atoms. The standard InChI is InChI=1S/C52H55N3/c1-2-6-45-41(5-1)44-12-9-40(55-16-4-15-54-14-3-13-53-49(54)55)25-48(44)52(45)46-23-38(50-26-32-17-33(27-50)19-34(18-32)28-50)7-10-42(46)43-11-8-39(24-47(43)52)51-29-35-20-36(30-51)22-37(21-35)31-51/h1-2,5-12,23-25,32-37H,3-4,13-22,26-31H2. The molecule has 0 aromatic heterocycles. The monoisotopic (exact) mass is 721 g/mol. The van der Waals surface area contributed by atoms with Crippen LogP contribution in [0.4, 0.5) is 5.69 Å². The van der Waals surface area contributed by atoms with Gasteiger partial charge in [0.1, 0.15) is 0 Å². The first-order chi connectivity index (χ1) is 27.1. The maximum Gasteiger partial charge on any atom is 0.201 e. The van der Waals surface area contributed by atoms with Crippen LogP contribution in [0.2, 0.25) is 0 Å². The van der Waals surface area contributed by atoms with Crippen LogP contribution in [0.3, 0.4) is 0 Å². The van der Waals surface area contributed by atoms with Crippen LogP contribution in [0.1, 0.15) is 123 Å². The van der Waals surface area contributed by atoms with E-state index in [1.54, 1.807) is 22.3 Å². The molecule has 0 atom stereocenters. The largest absolute Gasteiger partial charge is 0.342 e. The molecule has 0 unspecified atom stereocenters. The van der Waals surface area contributed by atoms with E-state index in [9.17, 15) is 0 Å². The van der Waals surface area contributed by atoms with Gasteiger partial charge in [-0.15, -0.1) is 0 Å². The molecule has 0 N–H and O–H groups in total. The molecule has 10 aliphatic carbocycles. The first-order valence-electron chi connectivity index (χ1n) is 22.7. The normalized spacial score (nSPS) is 37.9. The minimum atomic E-state index is -0.312. The van der Waals surface area contributed by atoms with Crippen molar-refractivity contribution in [3.05, 3.63) is 112 Å². The average Bonchev–Trinajstić information content (AvgIpc) is 3.66. The van der Waals surface area contributed by atoms with Crippen LogP contribution >= 0.6 is 0 Å². The van der Waals surface area contributed by atoms with Crippen molar-refractivity contribution >= 4 is 11.6 Å². The van der Waals surface area contributed by atoms with Gasteiger partial charge in [-0.3, -0.25) is 4.99 Å². The van der Waals surface area contributed by atoms with E-state index < -0.39 is 0 Å². The zero-order valence-electron chi connectivity index (χ0n) is 32.5. The number of benzene rings is 4. The van der Waals surface area contributed by atoms with E-state index in [2.05, 4.69) is 88.7 Å². The summed E-state index contributed by atoms with van der Waals surface area (Å²) in [5.74, 6) is 6.85. The minimum absolute atomic E-state index is 0.312. The minimum Gasteiger partial charge on any atom is -0.342 e. The number of fused-ring (bicyclic) bond motifs is 11. The van der Waals surface area contributed by atoms with E-state index in [0.717, 1.165) is 61.7 Å². The van der Waals surface area contributed by atoms with E-state index in [0.29, 0.717) is 10.8 Å². The number of guanidine groups is 1. The summed E-state index contributed by atoms with van der Waals surface area (Å²) in [6.45, 7) is 4.27. The molecule has 4 aromatic rings. The Labute approximate surface area is 327 Å². The van der Waals surface area contributed by atoms with E-state index in [4.69, 9.17) is 4.99 Å². The van der Waals surface area contributed by atoms with Gasteiger partial charge in [0.15, 0.2) is 0 Å². The predicted molar refractivity (Wildman–Crippen MR) is 223 cm³/mol. The van der Waals surface area contributed by atoms with Crippen LogP contribution in [-0.2, 0) is 16.2 Å². The summed E-state index contributed by atoms with van der Waals surface area (Å²) in [6.07, 6.45) is 19.8. The number of hydrogen-bond acceptors (Lipinski definition) is 3. The SMILES string of the molecule is c1ccc2c(c1)-c1ccc(N3CCCN4CCCN=C43)cc1C21c2cc(C34CC5CC(CC(C5)C3)C4)ccc2-c2ccc(C34CC5CC(CC(C5)C3)C4)cc21. The fourth-order valence-electron chi connectivity index (χ4n) is 16.8. The molecule has 1 spiro atoms. The average molecular weight is 722 g/mol. The van der Waals surface area contributed by atoms with Gasteiger partial charge in [-0.1, -0.05) is 66.7 Å². The lowest BCUT2D eigenvalue weighted by Crippen LogP contribution is -2.52. The number of hydrogen-bond donors (Lipinski definition) is 0. The smallest absolute Gasteiger partial charge is 0.201 e. The Morgan fingerprint density at radius 3 is 1.55 bits per heavy atom. The molecule has 4 aromatic carbocycles. The molecule has 2 heterocycles. The topological polar surface area (TPSA) is 18.8 Å². The summed E-state index contributed by atoms with van der Waals surface area (Å²) in [6, 6.07) is 33.3. The maximum absolute atomic E-state index is 5.17. The van der Waals surface area contributed by atoms with Gasteiger partial charge in [0.25, 0.3) is 0 Å². The molecular formula is C52H55N3. The Kier molecular flexibility index (Phi) is 6.11. The summed E-state index contributed by atoms with van der Waals surface area (Å²) >= 11 is 0. The van der Waals surface area contributed by atoms with Crippen molar-refractivity contribution in [1.29, 1.82) is 0 Å². The zero-order chi connectivity index (χ0) is 35.7.